The van der Waals surface area contributed by atoms with Gasteiger partial charge < -0.3 is 5.32 Å². The average molecular weight is 452 g/mol. The third-order valence-corrected chi connectivity index (χ3v) is 5.50. The van der Waals surface area contributed by atoms with Crippen molar-refractivity contribution in [3.63, 3.8) is 0 Å². The van der Waals surface area contributed by atoms with E-state index in [1.54, 1.807) is 30.3 Å². The summed E-state index contributed by atoms with van der Waals surface area (Å²) in [4.78, 5) is 12.1. The van der Waals surface area contributed by atoms with E-state index in [1.807, 2.05) is 0 Å². The topological polar surface area (TPSA) is 75.3 Å². The highest BCUT2D eigenvalue weighted by Crippen LogP contribution is 2.20. The Morgan fingerprint density at radius 1 is 1.08 bits per heavy atom. The predicted molar refractivity (Wildman–Crippen MR) is 98.1 cm³/mol. The smallest absolute Gasteiger partial charge is 0.252 e. The Hall–Kier alpha value is -1.12. The zero-order valence-corrected chi connectivity index (χ0v) is 16.1. The van der Waals surface area contributed by atoms with Gasteiger partial charge in [-0.05, 0) is 36.4 Å². The van der Waals surface area contributed by atoms with Crippen LogP contribution in [-0.2, 0) is 10.0 Å². The van der Waals surface area contributed by atoms with Crippen molar-refractivity contribution >= 4 is 55.1 Å². The molecule has 0 bridgehead atoms. The third kappa shape index (κ3) is 5.19. The maximum atomic E-state index is 12.1. The molecule has 0 fully saturated rings. The molecule has 9 heteroatoms. The Morgan fingerprint density at radius 2 is 1.83 bits per heavy atom. The standard InChI is InChI=1S/C15H13BrCl2N2O3S/c16-10-4-5-14(18)13(8-10)15(21)19-6-7-20-24(22,23)12-3-1-2-11(17)9-12/h1-5,8-9,20H,6-7H2,(H,19,21). The summed E-state index contributed by atoms with van der Waals surface area (Å²) in [5.74, 6) is -0.386. The molecule has 5 nitrogen and oxygen atoms in total. The Labute approximate surface area is 158 Å². The van der Waals surface area contributed by atoms with E-state index in [2.05, 4.69) is 26.0 Å². The van der Waals surface area contributed by atoms with E-state index >= 15 is 0 Å². The minimum absolute atomic E-state index is 0.0339. The molecule has 0 aliphatic heterocycles. The molecule has 2 rings (SSSR count). The Bertz CT molecular complexity index is 860. The van der Waals surface area contributed by atoms with Gasteiger partial charge in [-0.3, -0.25) is 4.79 Å². The van der Waals surface area contributed by atoms with Crippen LogP contribution in [0.15, 0.2) is 51.8 Å². The summed E-state index contributed by atoms with van der Waals surface area (Å²) < 4.78 is 27.3. The van der Waals surface area contributed by atoms with Crippen molar-refractivity contribution in [2.75, 3.05) is 13.1 Å². The van der Waals surface area contributed by atoms with Crippen molar-refractivity contribution in [1.29, 1.82) is 0 Å². The van der Waals surface area contributed by atoms with Crippen LogP contribution in [0.25, 0.3) is 0 Å². The number of nitrogens with one attached hydrogen (secondary N) is 2. The summed E-state index contributed by atoms with van der Waals surface area (Å²) in [5, 5.41) is 3.25. The van der Waals surface area contributed by atoms with E-state index in [9.17, 15) is 13.2 Å². The van der Waals surface area contributed by atoms with Crippen LogP contribution in [0.3, 0.4) is 0 Å². The predicted octanol–water partition coefficient (Wildman–Crippen LogP) is 3.46. The van der Waals surface area contributed by atoms with Gasteiger partial charge in [-0.15, -0.1) is 0 Å². The SMILES string of the molecule is O=C(NCCNS(=O)(=O)c1cccc(Cl)c1)c1cc(Br)ccc1Cl. The van der Waals surface area contributed by atoms with Crippen LogP contribution in [0.4, 0.5) is 0 Å². The second kappa shape index (κ2) is 8.31. The van der Waals surface area contributed by atoms with Gasteiger partial charge in [0.2, 0.25) is 10.0 Å². The summed E-state index contributed by atoms with van der Waals surface area (Å²) in [6, 6.07) is 10.8. The van der Waals surface area contributed by atoms with Crippen molar-refractivity contribution in [2.24, 2.45) is 0 Å². The highest BCUT2D eigenvalue weighted by Gasteiger charge is 2.14. The molecule has 2 aromatic carbocycles. The molecule has 24 heavy (non-hydrogen) atoms. The molecule has 0 aliphatic rings. The van der Waals surface area contributed by atoms with Crippen molar-refractivity contribution in [2.45, 2.75) is 4.90 Å². The molecule has 0 aromatic heterocycles. The van der Waals surface area contributed by atoms with Gasteiger partial charge in [-0.1, -0.05) is 45.2 Å². The number of carbonyl (C=O) groups is 1. The zero-order chi connectivity index (χ0) is 17.7. The summed E-state index contributed by atoms with van der Waals surface area (Å²) >= 11 is 15.0. The lowest BCUT2D eigenvalue weighted by Crippen LogP contribution is -2.34. The number of hydrogen-bond acceptors (Lipinski definition) is 3. The summed E-state index contributed by atoms with van der Waals surface area (Å²) in [6.07, 6.45) is 0. The van der Waals surface area contributed by atoms with Crippen LogP contribution in [-0.4, -0.2) is 27.4 Å². The number of benzene rings is 2. The van der Waals surface area contributed by atoms with Crippen molar-refractivity contribution in [3.05, 3.63) is 62.5 Å². The molecular formula is C15H13BrCl2N2O3S. The number of carbonyl (C=O) groups excluding carboxylic acids is 1. The van der Waals surface area contributed by atoms with Crippen molar-refractivity contribution < 1.29 is 13.2 Å². The van der Waals surface area contributed by atoms with Gasteiger partial charge in [-0.25, -0.2) is 13.1 Å². The molecule has 0 aliphatic carbocycles. The van der Waals surface area contributed by atoms with E-state index in [0.29, 0.717) is 15.6 Å². The number of rotatable bonds is 6. The van der Waals surface area contributed by atoms with Crippen molar-refractivity contribution in [3.8, 4) is 0 Å². The Balaban J connectivity index is 1.90. The highest BCUT2D eigenvalue weighted by molar-refractivity contribution is 9.10. The molecule has 0 spiro atoms. The Morgan fingerprint density at radius 3 is 2.54 bits per heavy atom. The number of hydrogen-bond donors (Lipinski definition) is 2. The monoisotopic (exact) mass is 450 g/mol. The molecular weight excluding hydrogens is 439 g/mol. The fourth-order valence-corrected chi connectivity index (χ4v) is 3.74. The first-order valence-corrected chi connectivity index (χ1v) is 9.81. The van der Waals surface area contributed by atoms with Gasteiger partial charge in [-0.2, -0.15) is 0 Å². The van der Waals surface area contributed by atoms with E-state index < -0.39 is 10.0 Å². The maximum absolute atomic E-state index is 12.1. The summed E-state index contributed by atoms with van der Waals surface area (Å²) in [5.41, 5.74) is 0.309. The molecule has 0 unspecified atom stereocenters. The second-order valence-corrected chi connectivity index (χ2v) is 8.26. The van der Waals surface area contributed by atoms with Gasteiger partial charge in [0, 0.05) is 22.6 Å². The van der Waals surface area contributed by atoms with Crippen LogP contribution in [0, 0.1) is 0 Å². The molecule has 128 valence electrons. The molecule has 0 atom stereocenters. The summed E-state index contributed by atoms with van der Waals surface area (Å²) in [7, 11) is -3.68. The van der Waals surface area contributed by atoms with Crippen molar-refractivity contribution in [1.82, 2.24) is 10.0 Å². The summed E-state index contributed by atoms with van der Waals surface area (Å²) in [6.45, 7) is 0.147. The fourth-order valence-electron chi connectivity index (χ4n) is 1.85. The molecule has 0 saturated heterocycles. The molecule has 2 N–H and O–H groups in total. The van der Waals surface area contributed by atoms with Gasteiger partial charge in [0.1, 0.15) is 0 Å². The average Bonchev–Trinajstić information content (AvgIpc) is 2.53. The van der Waals surface area contributed by atoms with E-state index in [-0.39, 0.29) is 23.9 Å². The first kappa shape index (κ1) is 19.2. The second-order valence-electron chi connectivity index (χ2n) is 4.74. The van der Waals surface area contributed by atoms with E-state index in [4.69, 9.17) is 23.2 Å². The molecule has 0 heterocycles. The van der Waals surface area contributed by atoms with Gasteiger partial charge >= 0.3 is 0 Å². The minimum Gasteiger partial charge on any atom is -0.351 e. The van der Waals surface area contributed by atoms with E-state index in [1.165, 1.54) is 12.1 Å². The zero-order valence-electron chi connectivity index (χ0n) is 12.2. The number of sulfonamides is 1. The van der Waals surface area contributed by atoms with Gasteiger partial charge in [0.25, 0.3) is 5.91 Å². The molecule has 0 radical (unpaired) electrons. The van der Waals surface area contributed by atoms with Crippen LogP contribution in [0.1, 0.15) is 10.4 Å². The lowest BCUT2D eigenvalue weighted by molar-refractivity contribution is 0.0954. The maximum Gasteiger partial charge on any atom is 0.252 e. The van der Waals surface area contributed by atoms with Crippen LogP contribution < -0.4 is 10.0 Å². The number of amides is 1. The first-order chi connectivity index (χ1) is 11.3. The minimum atomic E-state index is -3.68. The fraction of sp³-hybridized carbons (Fsp3) is 0.133. The number of halogens is 3. The molecule has 0 saturated carbocycles. The quantitative estimate of drug-likeness (QED) is 0.660. The molecule has 1 amide bonds. The lowest BCUT2D eigenvalue weighted by Gasteiger charge is -2.09. The van der Waals surface area contributed by atoms with Crippen LogP contribution in [0.2, 0.25) is 10.0 Å². The third-order valence-electron chi connectivity index (χ3n) is 2.98. The molecule has 2 aromatic rings. The van der Waals surface area contributed by atoms with Gasteiger partial charge in [0.15, 0.2) is 0 Å². The lowest BCUT2D eigenvalue weighted by atomic mass is 10.2. The van der Waals surface area contributed by atoms with Gasteiger partial charge in [0.05, 0.1) is 15.5 Å². The Kier molecular flexibility index (Phi) is 6.65. The van der Waals surface area contributed by atoms with E-state index in [0.717, 1.165) is 4.47 Å². The first-order valence-electron chi connectivity index (χ1n) is 6.78. The normalized spacial score (nSPS) is 11.3. The largest absolute Gasteiger partial charge is 0.351 e. The van der Waals surface area contributed by atoms with Crippen LogP contribution in [0.5, 0.6) is 0 Å². The van der Waals surface area contributed by atoms with Crippen LogP contribution >= 0.6 is 39.1 Å². The highest BCUT2D eigenvalue weighted by atomic mass is 79.9.